The lowest BCUT2D eigenvalue weighted by Crippen LogP contribution is -2.76. The van der Waals surface area contributed by atoms with E-state index in [1.165, 1.54) is 6.07 Å². The van der Waals surface area contributed by atoms with Crippen LogP contribution in [0.3, 0.4) is 0 Å². The number of Topliss-reactive ketones (excluding diaryl/α,β-unsaturated/α-hetero) is 1. The summed E-state index contributed by atoms with van der Waals surface area (Å²) in [5.41, 5.74) is 0.640. The lowest BCUT2D eigenvalue weighted by atomic mass is 9.49. The van der Waals surface area contributed by atoms with Crippen LogP contribution < -0.4 is 4.74 Å². The van der Waals surface area contributed by atoms with Gasteiger partial charge in [0.1, 0.15) is 5.82 Å². The smallest absolute Gasteiger partial charge is 0.174 e. The number of nitrogens with zero attached hydrogens (tertiary/aromatic N) is 1. The van der Waals surface area contributed by atoms with Crippen LogP contribution >= 0.6 is 0 Å². The van der Waals surface area contributed by atoms with Crippen LogP contribution in [0.4, 0.5) is 4.39 Å². The summed E-state index contributed by atoms with van der Waals surface area (Å²) in [5, 5.41) is 22.5. The first-order valence-corrected chi connectivity index (χ1v) is 10.7. The second kappa shape index (κ2) is 6.05. The van der Waals surface area contributed by atoms with Gasteiger partial charge in [0, 0.05) is 24.6 Å². The topological polar surface area (TPSA) is 70.0 Å². The predicted octanol–water partition coefficient (Wildman–Crippen LogP) is 2.50. The quantitative estimate of drug-likeness (QED) is 0.815. The van der Waals surface area contributed by atoms with Crippen molar-refractivity contribution in [3.05, 3.63) is 58.9 Å². The van der Waals surface area contributed by atoms with Crippen LogP contribution in [0.1, 0.15) is 36.0 Å². The molecule has 2 bridgehead atoms. The van der Waals surface area contributed by atoms with Crippen LogP contribution in [-0.2, 0) is 23.1 Å². The lowest BCUT2D eigenvalue weighted by molar-refractivity contribution is -0.188. The number of benzene rings is 2. The third kappa shape index (κ3) is 2.11. The molecule has 0 radical (unpaired) electrons. The minimum absolute atomic E-state index is 0.00156. The molecule has 0 amide bonds. The highest BCUT2D eigenvalue weighted by Crippen LogP contribution is 2.64. The average Bonchev–Trinajstić information content (AvgIpc) is 3.09. The number of hydrogen-bond donors (Lipinski definition) is 2. The van der Waals surface area contributed by atoms with Gasteiger partial charge < -0.3 is 14.9 Å². The molecule has 2 heterocycles. The normalized spacial score (nSPS) is 33.9. The number of ether oxygens (including phenoxy) is 1. The number of carbonyl (C=O) groups excluding carboxylic acids is 1. The fourth-order valence-corrected chi connectivity index (χ4v) is 6.65. The summed E-state index contributed by atoms with van der Waals surface area (Å²) in [6.45, 7) is 1.34. The summed E-state index contributed by atoms with van der Waals surface area (Å²) in [4.78, 5) is 15.1. The molecule has 1 saturated heterocycles. The molecule has 4 aliphatic rings. The number of hydrogen-bond acceptors (Lipinski definition) is 5. The molecule has 2 fully saturated rings. The summed E-state index contributed by atoms with van der Waals surface area (Å²) in [7, 11) is 0. The molecule has 2 aromatic carbocycles. The molecule has 30 heavy (non-hydrogen) atoms. The van der Waals surface area contributed by atoms with Crippen molar-refractivity contribution in [3.63, 3.8) is 0 Å². The summed E-state index contributed by atoms with van der Waals surface area (Å²) >= 11 is 0. The molecule has 6 rings (SSSR count). The van der Waals surface area contributed by atoms with Gasteiger partial charge in [-0.05, 0) is 55.5 Å². The summed E-state index contributed by atoms with van der Waals surface area (Å²) in [5.74, 6) is 0.213. The molecule has 1 spiro atoms. The van der Waals surface area contributed by atoms with Crippen molar-refractivity contribution in [1.82, 2.24) is 4.90 Å². The first-order valence-electron chi connectivity index (χ1n) is 10.7. The second-order valence-corrected chi connectivity index (χ2v) is 9.16. The Bertz CT molecular complexity index is 1070. The van der Waals surface area contributed by atoms with Gasteiger partial charge in [0.2, 0.25) is 0 Å². The molecule has 2 aromatic rings. The van der Waals surface area contributed by atoms with E-state index in [2.05, 4.69) is 4.90 Å². The van der Waals surface area contributed by atoms with Crippen LogP contribution in [0.2, 0.25) is 0 Å². The zero-order valence-electron chi connectivity index (χ0n) is 16.6. The first kappa shape index (κ1) is 18.3. The lowest BCUT2D eigenvalue weighted by Gasteiger charge is -2.62. The Balaban J connectivity index is 1.42. The number of aliphatic hydroxyl groups is 1. The molecule has 4 atom stereocenters. The summed E-state index contributed by atoms with van der Waals surface area (Å²) in [6.07, 6.45) is 1.69. The molecule has 0 unspecified atom stereocenters. The van der Waals surface area contributed by atoms with Crippen LogP contribution in [0.5, 0.6) is 11.5 Å². The molecule has 2 aliphatic heterocycles. The van der Waals surface area contributed by atoms with Crippen LogP contribution in [0.25, 0.3) is 0 Å². The molecule has 0 aromatic heterocycles. The van der Waals surface area contributed by atoms with Crippen molar-refractivity contribution in [3.8, 4) is 11.5 Å². The van der Waals surface area contributed by atoms with Crippen molar-refractivity contribution >= 4 is 5.78 Å². The largest absolute Gasteiger partial charge is 0.504 e. The van der Waals surface area contributed by atoms with E-state index in [0.717, 1.165) is 11.1 Å². The highest BCUT2D eigenvalue weighted by Gasteiger charge is 2.73. The Hall–Kier alpha value is -2.44. The van der Waals surface area contributed by atoms with E-state index >= 15 is 0 Å². The Kier molecular flexibility index (Phi) is 3.70. The Morgan fingerprint density at radius 3 is 2.87 bits per heavy atom. The van der Waals surface area contributed by atoms with Gasteiger partial charge in [-0.15, -0.1) is 0 Å². The van der Waals surface area contributed by atoms with E-state index in [4.69, 9.17) is 4.74 Å². The highest BCUT2D eigenvalue weighted by atomic mass is 19.1. The molecular formula is C24H24FNO4. The van der Waals surface area contributed by atoms with E-state index in [9.17, 15) is 19.4 Å². The molecule has 5 nitrogen and oxygen atoms in total. The van der Waals surface area contributed by atoms with Crippen LogP contribution in [0.15, 0.2) is 36.4 Å². The van der Waals surface area contributed by atoms with E-state index in [1.54, 1.807) is 18.2 Å². The van der Waals surface area contributed by atoms with Gasteiger partial charge >= 0.3 is 0 Å². The first-order chi connectivity index (χ1) is 14.5. The summed E-state index contributed by atoms with van der Waals surface area (Å²) < 4.78 is 20.2. The average molecular weight is 409 g/mol. The van der Waals surface area contributed by atoms with Gasteiger partial charge in [-0.3, -0.25) is 9.69 Å². The Labute approximate surface area is 174 Å². The van der Waals surface area contributed by atoms with Gasteiger partial charge in [0.05, 0.1) is 11.0 Å². The molecule has 156 valence electrons. The summed E-state index contributed by atoms with van der Waals surface area (Å²) in [6, 6.07) is 10.2. The Morgan fingerprint density at radius 1 is 1.20 bits per heavy atom. The van der Waals surface area contributed by atoms with Crippen LogP contribution in [0, 0.1) is 5.82 Å². The number of piperidine rings is 1. The Morgan fingerprint density at radius 2 is 2.03 bits per heavy atom. The van der Waals surface area contributed by atoms with Gasteiger partial charge in [0.25, 0.3) is 0 Å². The molecule has 1 saturated carbocycles. The number of phenols is 1. The van der Waals surface area contributed by atoms with Gasteiger partial charge in [-0.1, -0.05) is 24.3 Å². The van der Waals surface area contributed by atoms with Crippen molar-refractivity contribution in [2.24, 2.45) is 0 Å². The number of halogens is 1. The number of ketones is 1. The number of likely N-dealkylation sites (tertiary alicyclic amines) is 1. The van der Waals surface area contributed by atoms with Gasteiger partial charge in [-0.25, -0.2) is 4.39 Å². The van der Waals surface area contributed by atoms with Crippen molar-refractivity contribution in [2.45, 2.75) is 55.3 Å². The monoisotopic (exact) mass is 409 g/mol. The van der Waals surface area contributed by atoms with E-state index < -0.39 is 17.1 Å². The van der Waals surface area contributed by atoms with Crippen molar-refractivity contribution < 1.29 is 24.1 Å². The van der Waals surface area contributed by atoms with E-state index in [1.807, 2.05) is 12.1 Å². The molecule has 6 heteroatoms. The van der Waals surface area contributed by atoms with Gasteiger partial charge in [-0.2, -0.15) is 0 Å². The number of aromatic hydroxyl groups is 1. The third-order valence-corrected chi connectivity index (χ3v) is 7.99. The second-order valence-electron chi connectivity index (χ2n) is 9.16. The van der Waals surface area contributed by atoms with Gasteiger partial charge in [0.15, 0.2) is 23.4 Å². The number of carbonyl (C=O) groups is 1. The predicted molar refractivity (Wildman–Crippen MR) is 107 cm³/mol. The number of phenolic OH excluding ortho intramolecular Hbond substituents is 1. The molecular weight excluding hydrogens is 385 g/mol. The SMILES string of the molecule is O=C1CC[C@]2(O)[C@@H]3Cc4ccc(O)c5c4[C@]2(CCN3CCc2ccccc2F)[C@@H]1O5. The van der Waals surface area contributed by atoms with E-state index in [-0.39, 0.29) is 29.8 Å². The fraction of sp³-hybridized carbons (Fsp3) is 0.458. The van der Waals surface area contributed by atoms with Crippen molar-refractivity contribution in [1.29, 1.82) is 0 Å². The van der Waals surface area contributed by atoms with Crippen molar-refractivity contribution in [2.75, 3.05) is 13.1 Å². The highest BCUT2D eigenvalue weighted by molar-refractivity contribution is 5.90. The fourth-order valence-electron chi connectivity index (χ4n) is 6.65. The maximum atomic E-state index is 14.1. The maximum absolute atomic E-state index is 14.1. The minimum Gasteiger partial charge on any atom is -0.504 e. The molecule has 2 N–H and O–H groups in total. The minimum atomic E-state index is -1.11. The zero-order chi connectivity index (χ0) is 20.7. The number of rotatable bonds is 3. The van der Waals surface area contributed by atoms with E-state index in [0.29, 0.717) is 50.1 Å². The maximum Gasteiger partial charge on any atom is 0.174 e. The van der Waals surface area contributed by atoms with Crippen LogP contribution in [-0.4, -0.2) is 51.7 Å². The zero-order valence-corrected chi connectivity index (χ0v) is 16.6. The standard InChI is InChI=1S/C24H24FNO4/c25-16-4-2-1-3-14(16)8-11-26-12-10-23-20-15-5-6-17(27)21(20)30-22(23)18(28)7-9-24(23,29)19(26)13-15/h1-6,19,22,27,29H,7-13H2/t19-,22+,23+,24-/m0/s1. The molecule has 2 aliphatic carbocycles. The third-order valence-electron chi connectivity index (χ3n) is 7.99.